The second kappa shape index (κ2) is 3.18. The van der Waals surface area contributed by atoms with Gasteiger partial charge in [-0.15, -0.1) is 0 Å². The van der Waals surface area contributed by atoms with Gasteiger partial charge in [-0.1, -0.05) is 35.5 Å². The second-order valence-corrected chi connectivity index (χ2v) is 5.71. The lowest BCUT2D eigenvalue weighted by Crippen LogP contribution is -2.31. The molecule has 1 aromatic carbocycles. The van der Waals surface area contributed by atoms with Crippen molar-refractivity contribution in [2.45, 2.75) is 11.4 Å². The van der Waals surface area contributed by atoms with Gasteiger partial charge in [0.2, 0.25) is 0 Å². The molecule has 0 amide bonds. The van der Waals surface area contributed by atoms with Crippen molar-refractivity contribution in [1.82, 2.24) is 0 Å². The summed E-state index contributed by atoms with van der Waals surface area (Å²) in [6.07, 6.45) is 1.08. The van der Waals surface area contributed by atoms with Crippen LogP contribution in [0.1, 0.15) is 5.56 Å². The molecule has 2 heterocycles. The molecule has 0 aromatic heterocycles. The molecule has 0 fully saturated rings. The number of hydrogen-bond donors (Lipinski definition) is 0. The lowest BCUT2D eigenvalue weighted by Gasteiger charge is -2.08. The van der Waals surface area contributed by atoms with E-state index < -0.39 is 21.2 Å². The maximum Gasteiger partial charge on any atom is 0.184 e. The highest BCUT2D eigenvalue weighted by Crippen LogP contribution is 2.29. The number of hydrogen-bond acceptors (Lipinski definition) is 4. The van der Waals surface area contributed by atoms with Crippen molar-refractivity contribution in [2.75, 3.05) is 0 Å². The molecule has 0 saturated heterocycles. The topological polar surface area (TPSA) is 55.7 Å². The molecule has 0 bridgehead atoms. The van der Waals surface area contributed by atoms with Gasteiger partial charge in [0, 0.05) is 11.0 Å². The molecule has 0 N–H and O–H groups in total. The lowest BCUT2D eigenvalue weighted by atomic mass is 10.1. The first-order valence-corrected chi connectivity index (χ1v) is 6.51. The molecule has 0 radical (unpaired) electrons. The van der Waals surface area contributed by atoms with E-state index in [1.807, 2.05) is 30.3 Å². The van der Waals surface area contributed by atoms with Crippen LogP contribution in [0.25, 0.3) is 0 Å². The zero-order valence-corrected chi connectivity index (χ0v) is 9.09. The normalized spacial score (nSPS) is 29.6. The van der Waals surface area contributed by atoms with Gasteiger partial charge in [-0.05, 0) is 6.08 Å². The Kier molecular flexibility index (Phi) is 1.91. The second-order valence-electron chi connectivity index (χ2n) is 3.75. The van der Waals surface area contributed by atoms with Crippen molar-refractivity contribution < 1.29 is 13.3 Å². The van der Waals surface area contributed by atoms with E-state index in [-0.39, 0.29) is 0 Å². The number of oxime groups is 1. The van der Waals surface area contributed by atoms with Gasteiger partial charge < -0.3 is 4.84 Å². The molecule has 2 aliphatic heterocycles. The summed E-state index contributed by atoms with van der Waals surface area (Å²) in [6.45, 7) is 0. The van der Waals surface area contributed by atoms with E-state index >= 15 is 0 Å². The quantitative estimate of drug-likeness (QED) is 0.732. The highest BCUT2D eigenvalue weighted by atomic mass is 32.2. The highest BCUT2D eigenvalue weighted by Gasteiger charge is 2.46. The Balaban J connectivity index is 2.06. The van der Waals surface area contributed by atoms with Crippen molar-refractivity contribution in [1.29, 1.82) is 0 Å². The molecule has 0 saturated carbocycles. The van der Waals surface area contributed by atoms with E-state index in [2.05, 4.69) is 5.16 Å². The fourth-order valence-corrected chi connectivity index (χ4v) is 3.50. The van der Waals surface area contributed by atoms with Crippen LogP contribution in [0.2, 0.25) is 0 Å². The summed E-state index contributed by atoms with van der Waals surface area (Å²) in [4.78, 5) is 5.10. The predicted octanol–water partition coefficient (Wildman–Crippen LogP) is 1.10. The van der Waals surface area contributed by atoms with Gasteiger partial charge in [-0.2, -0.15) is 0 Å². The van der Waals surface area contributed by atoms with Crippen LogP contribution in [0.15, 0.2) is 47.0 Å². The van der Waals surface area contributed by atoms with E-state index in [9.17, 15) is 8.42 Å². The van der Waals surface area contributed by atoms with E-state index in [4.69, 9.17) is 4.84 Å². The van der Waals surface area contributed by atoms with Gasteiger partial charge in [0.1, 0.15) is 5.71 Å². The fraction of sp³-hybridized carbons (Fsp3) is 0.182. The lowest BCUT2D eigenvalue weighted by molar-refractivity contribution is 0.123. The van der Waals surface area contributed by atoms with Crippen molar-refractivity contribution in [3.63, 3.8) is 0 Å². The van der Waals surface area contributed by atoms with Crippen molar-refractivity contribution in [3.05, 3.63) is 47.4 Å². The van der Waals surface area contributed by atoms with E-state index in [1.165, 1.54) is 5.41 Å². The first-order chi connectivity index (χ1) is 7.68. The molecule has 2 atom stereocenters. The van der Waals surface area contributed by atoms with Crippen LogP contribution in [-0.4, -0.2) is 25.5 Å². The number of nitrogens with zero attached hydrogens (tertiary/aromatic N) is 1. The zero-order chi connectivity index (χ0) is 11.2. The maximum absolute atomic E-state index is 11.8. The van der Waals surface area contributed by atoms with Gasteiger partial charge in [0.15, 0.2) is 21.2 Å². The summed E-state index contributed by atoms with van der Waals surface area (Å²) in [7, 11) is -3.26. The minimum Gasteiger partial charge on any atom is -0.386 e. The molecule has 5 heteroatoms. The smallest absolute Gasteiger partial charge is 0.184 e. The molecular formula is C11H9NO3S. The summed E-state index contributed by atoms with van der Waals surface area (Å²) in [5.74, 6) is 0. The Morgan fingerprint density at radius 1 is 1.19 bits per heavy atom. The first-order valence-electron chi connectivity index (χ1n) is 4.90. The number of fused-ring (bicyclic) bond motifs is 1. The third kappa shape index (κ3) is 1.28. The van der Waals surface area contributed by atoms with Crippen LogP contribution in [0.5, 0.6) is 0 Å². The van der Waals surface area contributed by atoms with Gasteiger partial charge in [0.25, 0.3) is 0 Å². The third-order valence-electron chi connectivity index (χ3n) is 2.72. The minimum atomic E-state index is -3.26. The summed E-state index contributed by atoms with van der Waals surface area (Å²) in [5, 5.41) is 4.41. The van der Waals surface area contributed by atoms with Crippen LogP contribution in [0.4, 0.5) is 0 Å². The first kappa shape index (κ1) is 9.59. The van der Waals surface area contributed by atoms with Gasteiger partial charge in [-0.25, -0.2) is 8.42 Å². The monoisotopic (exact) mass is 235 g/mol. The fourth-order valence-electron chi connectivity index (χ4n) is 1.96. The number of rotatable bonds is 1. The Hall–Kier alpha value is -1.62. The van der Waals surface area contributed by atoms with Crippen molar-refractivity contribution >= 4 is 15.5 Å². The Labute approximate surface area is 93.1 Å². The van der Waals surface area contributed by atoms with Crippen LogP contribution in [-0.2, 0) is 14.7 Å². The third-order valence-corrected chi connectivity index (χ3v) is 4.46. The largest absolute Gasteiger partial charge is 0.386 e. The molecule has 3 rings (SSSR count). The standard InChI is InChI=1S/C11H9NO3S/c13-16(14)7-6-9-11(16)10(12-15-9)8-4-2-1-3-5-8/h1-7,9,11H/t9-,11+/m1/s1. The molecule has 16 heavy (non-hydrogen) atoms. The highest BCUT2D eigenvalue weighted by molar-refractivity contribution is 7.96. The number of benzene rings is 1. The van der Waals surface area contributed by atoms with Gasteiger partial charge >= 0.3 is 0 Å². The van der Waals surface area contributed by atoms with Crippen LogP contribution >= 0.6 is 0 Å². The molecule has 0 unspecified atom stereocenters. The van der Waals surface area contributed by atoms with Gasteiger partial charge in [0.05, 0.1) is 0 Å². The summed E-state index contributed by atoms with van der Waals surface area (Å²) >= 11 is 0. The summed E-state index contributed by atoms with van der Waals surface area (Å²) in [5.41, 5.74) is 1.29. The maximum atomic E-state index is 11.8. The van der Waals surface area contributed by atoms with E-state index in [0.29, 0.717) is 5.71 Å². The van der Waals surface area contributed by atoms with E-state index in [1.54, 1.807) is 6.08 Å². The molecule has 0 spiro atoms. The Morgan fingerprint density at radius 3 is 2.69 bits per heavy atom. The molecular weight excluding hydrogens is 226 g/mol. The zero-order valence-electron chi connectivity index (χ0n) is 8.28. The van der Waals surface area contributed by atoms with Gasteiger partial charge in [-0.3, -0.25) is 0 Å². The van der Waals surface area contributed by atoms with Crippen molar-refractivity contribution in [3.8, 4) is 0 Å². The van der Waals surface area contributed by atoms with Crippen LogP contribution < -0.4 is 0 Å². The Morgan fingerprint density at radius 2 is 1.94 bits per heavy atom. The average molecular weight is 235 g/mol. The molecule has 0 aliphatic carbocycles. The molecule has 1 aromatic rings. The van der Waals surface area contributed by atoms with Crippen molar-refractivity contribution in [2.24, 2.45) is 5.16 Å². The predicted molar refractivity (Wildman–Crippen MR) is 59.7 cm³/mol. The number of sulfone groups is 1. The Bertz CT molecular complexity index is 575. The average Bonchev–Trinajstić information content (AvgIpc) is 2.82. The molecule has 2 aliphatic rings. The summed E-state index contributed by atoms with van der Waals surface area (Å²) in [6, 6.07) is 9.23. The van der Waals surface area contributed by atoms with Crippen LogP contribution in [0, 0.1) is 0 Å². The molecule has 82 valence electrons. The molecule has 4 nitrogen and oxygen atoms in total. The van der Waals surface area contributed by atoms with E-state index in [0.717, 1.165) is 5.56 Å². The minimum absolute atomic E-state index is 0.458. The summed E-state index contributed by atoms with van der Waals surface area (Å²) < 4.78 is 23.6. The van der Waals surface area contributed by atoms with Crippen LogP contribution in [0.3, 0.4) is 0 Å². The SMILES string of the molecule is O=S1(=O)C=C[C@H]2ON=C(c3ccccc3)[C@H]21.